The molecule has 3 rings (SSSR count). The average molecular weight is 365 g/mol. The van der Waals surface area contributed by atoms with Crippen LogP contribution in [-0.4, -0.2) is 17.5 Å². The third-order valence-electron chi connectivity index (χ3n) is 3.87. The molecule has 136 valence electrons. The number of nitrogens with zero attached hydrogens (tertiary/aromatic N) is 1. The van der Waals surface area contributed by atoms with E-state index in [1.54, 1.807) is 19.1 Å². The Morgan fingerprint density at radius 2 is 1.74 bits per heavy atom. The topological polar surface area (TPSA) is 99.7 Å². The number of esters is 1. The fourth-order valence-electron chi connectivity index (χ4n) is 2.60. The van der Waals surface area contributed by atoms with Crippen LogP contribution in [-0.2, 0) is 4.74 Å². The summed E-state index contributed by atoms with van der Waals surface area (Å²) in [7, 11) is 0. The standard InChI is InChI=1S/C20H15NO6/c1-2-26-19(22)17-12-16(13-6-4-3-5-7-13)18(27-20(17)23)14-8-10-15(11-9-14)21(24)25/h3-12H,2H2,1H3. The summed E-state index contributed by atoms with van der Waals surface area (Å²) in [5.41, 5.74) is 0.590. The number of rotatable bonds is 5. The van der Waals surface area contributed by atoms with E-state index in [0.29, 0.717) is 11.1 Å². The molecule has 0 amide bonds. The maximum Gasteiger partial charge on any atom is 0.351 e. The number of ether oxygens (including phenoxy) is 1. The third kappa shape index (κ3) is 3.77. The SMILES string of the molecule is CCOC(=O)c1cc(-c2ccccc2)c(-c2ccc([N+](=O)[O-])cc2)oc1=O. The maximum atomic E-state index is 12.3. The van der Waals surface area contributed by atoms with Gasteiger partial charge >= 0.3 is 11.6 Å². The Morgan fingerprint density at radius 3 is 2.33 bits per heavy atom. The molecule has 0 fully saturated rings. The van der Waals surface area contributed by atoms with Crippen molar-refractivity contribution in [3.05, 3.63) is 86.8 Å². The molecule has 0 aliphatic carbocycles. The Morgan fingerprint density at radius 1 is 1.07 bits per heavy atom. The van der Waals surface area contributed by atoms with Crippen LogP contribution in [0.5, 0.6) is 0 Å². The molecule has 0 unspecified atom stereocenters. The van der Waals surface area contributed by atoms with Crippen LogP contribution < -0.4 is 5.63 Å². The summed E-state index contributed by atoms with van der Waals surface area (Å²) in [4.78, 5) is 34.7. The Balaban J connectivity index is 2.20. The summed E-state index contributed by atoms with van der Waals surface area (Å²) < 4.78 is 10.3. The number of benzene rings is 2. The zero-order valence-electron chi connectivity index (χ0n) is 14.4. The lowest BCUT2D eigenvalue weighted by atomic mass is 9.99. The minimum absolute atomic E-state index is 0.0782. The normalized spacial score (nSPS) is 10.4. The van der Waals surface area contributed by atoms with Crippen molar-refractivity contribution in [1.29, 1.82) is 0 Å². The van der Waals surface area contributed by atoms with Crippen LogP contribution in [0, 0.1) is 10.1 Å². The van der Waals surface area contributed by atoms with Crippen molar-refractivity contribution >= 4 is 11.7 Å². The lowest BCUT2D eigenvalue weighted by molar-refractivity contribution is -0.384. The first-order valence-corrected chi connectivity index (χ1v) is 8.16. The Kier molecular flexibility index (Phi) is 5.12. The van der Waals surface area contributed by atoms with E-state index < -0.39 is 16.5 Å². The van der Waals surface area contributed by atoms with Gasteiger partial charge in [0.25, 0.3) is 5.69 Å². The zero-order chi connectivity index (χ0) is 19.4. The number of nitro benzene ring substituents is 1. The lowest BCUT2D eigenvalue weighted by Gasteiger charge is -2.10. The summed E-state index contributed by atoms with van der Waals surface area (Å²) in [6.07, 6.45) is 0. The summed E-state index contributed by atoms with van der Waals surface area (Å²) >= 11 is 0. The minimum Gasteiger partial charge on any atom is -0.462 e. The van der Waals surface area contributed by atoms with E-state index in [0.717, 1.165) is 5.56 Å². The predicted molar refractivity (Wildman–Crippen MR) is 98.5 cm³/mol. The highest BCUT2D eigenvalue weighted by Gasteiger charge is 2.20. The van der Waals surface area contributed by atoms with E-state index in [1.807, 2.05) is 18.2 Å². The number of hydrogen-bond donors (Lipinski definition) is 0. The minimum atomic E-state index is -0.832. The van der Waals surface area contributed by atoms with Crippen molar-refractivity contribution in [1.82, 2.24) is 0 Å². The number of carbonyl (C=O) groups excluding carboxylic acids is 1. The summed E-state index contributed by atoms with van der Waals surface area (Å²) in [6.45, 7) is 1.77. The van der Waals surface area contributed by atoms with Gasteiger partial charge in [-0.2, -0.15) is 0 Å². The van der Waals surface area contributed by atoms with Crippen LogP contribution in [0.25, 0.3) is 22.5 Å². The summed E-state index contributed by atoms with van der Waals surface area (Å²) in [5.74, 6) is -0.548. The van der Waals surface area contributed by atoms with Gasteiger partial charge in [-0.15, -0.1) is 0 Å². The first-order valence-electron chi connectivity index (χ1n) is 8.16. The van der Waals surface area contributed by atoms with Gasteiger partial charge in [0.2, 0.25) is 0 Å². The molecule has 3 aromatic rings. The Hall–Kier alpha value is -3.74. The average Bonchev–Trinajstić information content (AvgIpc) is 2.68. The predicted octanol–water partition coefficient (Wildman–Crippen LogP) is 4.06. The first-order chi connectivity index (χ1) is 13.0. The van der Waals surface area contributed by atoms with Gasteiger partial charge in [0.15, 0.2) is 0 Å². The molecule has 0 radical (unpaired) electrons. The molecule has 7 nitrogen and oxygen atoms in total. The zero-order valence-corrected chi connectivity index (χ0v) is 14.4. The van der Waals surface area contributed by atoms with Crippen LogP contribution in [0.2, 0.25) is 0 Å². The smallest absolute Gasteiger partial charge is 0.351 e. The van der Waals surface area contributed by atoms with Crippen LogP contribution in [0.1, 0.15) is 17.3 Å². The van der Waals surface area contributed by atoms with E-state index in [2.05, 4.69) is 0 Å². The highest BCUT2D eigenvalue weighted by Crippen LogP contribution is 2.32. The van der Waals surface area contributed by atoms with Crippen molar-refractivity contribution in [3.63, 3.8) is 0 Å². The first kappa shape index (κ1) is 18.1. The van der Waals surface area contributed by atoms with Gasteiger partial charge in [0, 0.05) is 23.3 Å². The molecule has 2 aromatic carbocycles. The molecule has 1 heterocycles. The van der Waals surface area contributed by atoms with Gasteiger partial charge in [0.05, 0.1) is 11.5 Å². The fourth-order valence-corrected chi connectivity index (χ4v) is 2.60. The van der Waals surface area contributed by atoms with Gasteiger partial charge in [0.1, 0.15) is 11.3 Å². The van der Waals surface area contributed by atoms with E-state index in [-0.39, 0.29) is 23.6 Å². The second-order valence-corrected chi connectivity index (χ2v) is 5.58. The molecule has 0 aliphatic rings. The van der Waals surface area contributed by atoms with Gasteiger partial charge < -0.3 is 9.15 Å². The number of carbonyl (C=O) groups is 1. The van der Waals surface area contributed by atoms with Gasteiger partial charge in [-0.25, -0.2) is 9.59 Å². The molecule has 0 atom stereocenters. The largest absolute Gasteiger partial charge is 0.462 e. The van der Waals surface area contributed by atoms with Crippen LogP contribution in [0.15, 0.2) is 69.9 Å². The van der Waals surface area contributed by atoms with Crippen molar-refractivity contribution < 1.29 is 18.9 Å². The molecule has 1 aromatic heterocycles. The highest BCUT2D eigenvalue weighted by molar-refractivity contribution is 5.92. The van der Waals surface area contributed by atoms with E-state index >= 15 is 0 Å². The molecule has 0 N–H and O–H groups in total. The molecular weight excluding hydrogens is 350 g/mol. The monoisotopic (exact) mass is 365 g/mol. The van der Waals surface area contributed by atoms with Crippen LogP contribution in [0.3, 0.4) is 0 Å². The highest BCUT2D eigenvalue weighted by atomic mass is 16.6. The van der Waals surface area contributed by atoms with Crippen LogP contribution in [0.4, 0.5) is 5.69 Å². The van der Waals surface area contributed by atoms with Gasteiger partial charge in [-0.3, -0.25) is 10.1 Å². The Labute approximate surface area is 154 Å². The fraction of sp³-hybridized carbons (Fsp3) is 0.100. The van der Waals surface area contributed by atoms with Crippen molar-refractivity contribution in [2.75, 3.05) is 6.61 Å². The van der Waals surface area contributed by atoms with E-state index in [4.69, 9.17) is 9.15 Å². The van der Waals surface area contributed by atoms with Crippen molar-refractivity contribution in [2.45, 2.75) is 6.92 Å². The van der Waals surface area contributed by atoms with Gasteiger partial charge in [-0.1, -0.05) is 30.3 Å². The van der Waals surface area contributed by atoms with E-state index in [9.17, 15) is 19.7 Å². The molecule has 0 aliphatic heterocycles. The molecule has 0 saturated carbocycles. The van der Waals surface area contributed by atoms with Crippen molar-refractivity contribution in [2.24, 2.45) is 0 Å². The molecule has 27 heavy (non-hydrogen) atoms. The molecule has 0 saturated heterocycles. The second kappa shape index (κ2) is 7.65. The Bertz CT molecular complexity index is 1040. The molecule has 0 bridgehead atoms. The lowest BCUT2D eigenvalue weighted by Crippen LogP contribution is -2.17. The quantitative estimate of drug-likeness (QED) is 0.384. The maximum absolute atomic E-state index is 12.3. The second-order valence-electron chi connectivity index (χ2n) is 5.58. The van der Waals surface area contributed by atoms with E-state index in [1.165, 1.54) is 30.3 Å². The molecule has 0 spiro atoms. The summed E-state index contributed by atoms with van der Waals surface area (Å²) in [6, 6.07) is 16.1. The van der Waals surface area contributed by atoms with Gasteiger partial charge in [-0.05, 0) is 30.7 Å². The third-order valence-corrected chi connectivity index (χ3v) is 3.87. The summed E-state index contributed by atoms with van der Waals surface area (Å²) in [5, 5.41) is 10.9. The van der Waals surface area contributed by atoms with Crippen LogP contribution >= 0.6 is 0 Å². The van der Waals surface area contributed by atoms with Crippen molar-refractivity contribution in [3.8, 4) is 22.5 Å². The number of hydrogen-bond acceptors (Lipinski definition) is 6. The molecular formula is C20H15NO6. The number of non-ortho nitro benzene ring substituents is 1. The molecule has 7 heteroatoms. The number of nitro groups is 1.